The smallest absolute Gasteiger partial charge is 0.250 e. The van der Waals surface area contributed by atoms with Crippen LogP contribution >= 0.6 is 15.9 Å². The van der Waals surface area contributed by atoms with E-state index in [0.717, 1.165) is 35.2 Å². The van der Waals surface area contributed by atoms with Gasteiger partial charge in [0.05, 0.1) is 17.5 Å². The van der Waals surface area contributed by atoms with Crippen molar-refractivity contribution in [1.82, 2.24) is 4.90 Å². The number of imide groups is 1. The number of hydrogen-bond donors (Lipinski definition) is 1. The van der Waals surface area contributed by atoms with Crippen molar-refractivity contribution < 1.29 is 14.4 Å². The number of nitrogens with one attached hydrogen (secondary N) is 1. The predicted molar refractivity (Wildman–Crippen MR) is 120 cm³/mol. The van der Waals surface area contributed by atoms with Crippen LogP contribution in [-0.2, 0) is 19.9 Å². The van der Waals surface area contributed by atoms with Gasteiger partial charge in [0.2, 0.25) is 17.7 Å². The second kappa shape index (κ2) is 6.26. The largest absolute Gasteiger partial charge is 0.324 e. The van der Waals surface area contributed by atoms with E-state index < -0.39 is 17.4 Å². The van der Waals surface area contributed by atoms with Crippen LogP contribution in [0, 0.1) is 25.7 Å². The van der Waals surface area contributed by atoms with Crippen LogP contribution in [0.15, 0.2) is 40.9 Å². The summed E-state index contributed by atoms with van der Waals surface area (Å²) in [6.45, 7) is 4.67. The van der Waals surface area contributed by atoms with Crippen LogP contribution in [0.5, 0.6) is 0 Å². The van der Waals surface area contributed by atoms with Crippen molar-refractivity contribution in [2.75, 3.05) is 16.8 Å². The third-order valence-corrected chi connectivity index (χ3v) is 8.13. The first-order valence-electron chi connectivity index (χ1n) is 10.7. The van der Waals surface area contributed by atoms with Crippen LogP contribution in [0.25, 0.3) is 0 Å². The van der Waals surface area contributed by atoms with Gasteiger partial charge in [0, 0.05) is 21.8 Å². The summed E-state index contributed by atoms with van der Waals surface area (Å²) in [6, 6.07) is 11.4. The van der Waals surface area contributed by atoms with Crippen molar-refractivity contribution in [3.05, 3.63) is 57.6 Å². The van der Waals surface area contributed by atoms with Crippen molar-refractivity contribution in [3.63, 3.8) is 0 Å². The monoisotopic (exact) mass is 479 g/mol. The summed E-state index contributed by atoms with van der Waals surface area (Å²) in [5, 5.41) is 3.02. The van der Waals surface area contributed by atoms with E-state index in [1.54, 1.807) is 0 Å². The van der Waals surface area contributed by atoms with Crippen LogP contribution in [0.3, 0.4) is 0 Å². The van der Waals surface area contributed by atoms with E-state index in [-0.39, 0.29) is 23.8 Å². The Balaban J connectivity index is 1.57. The molecule has 7 heteroatoms. The molecule has 0 aromatic heterocycles. The maximum absolute atomic E-state index is 13.9. The minimum Gasteiger partial charge on any atom is -0.324 e. The van der Waals surface area contributed by atoms with Crippen LogP contribution in [-0.4, -0.2) is 35.2 Å². The maximum Gasteiger partial charge on any atom is 0.250 e. The number of carbonyl (C=O) groups excluding carboxylic acids is 3. The lowest BCUT2D eigenvalue weighted by Crippen LogP contribution is -2.54. The number of benzene rings is 2. The van der Waals surface area contributed by atoms with E-state index in [1.807, 2.05) is 50.2 Å². The number of nitrogens with zero attached hydrogens (tertiary/aromatic N) is 2. The standard InChI is InChI=1S/C24H22BrN3O3/c1-12-5-7-16-14(10-12)24(23(31)26-16)20-19(18-4-3-9-27(18)24)21(29)28(22(20)30)17-8-6-13(2)11-15(17)25/h5-8,10-11,18-20H,3-4,9H2,1-2H3,(H,26,31)/t18-,19-,20-,24+/m1/s1. The molecule has 0 saturated carbocycles. The molecule has 158 valence electrons. The number of halogens is 1. The van der Waals surface area contributed by atoms with Gasteiger partial charge in [-0.1, -0.05) is 23.8 Å². The molecular weight excluding hydrogens is 458 g/mol. The zero-order chi connectivity index (χ0) is 21.7. The zero-order valence-corrected chi connectivity index (χ0v) is 18.9. The molecular formula is C24H22BrN3O3. The summed E-state index contributed by atoms with van der Waals surface area (Å²) < 4.78 is 0.707. The first-order chi connectivity index (χ1) is 14.9. The summed E-state index contributed by atoms with van der Waals surface area (Å²) in [5.74, 6) is -1.89. The predicted octanol–water partition coefficient (Wildman–Crippen LogP) is 3.50. The normalized spacial score (nSPS) is 31.4. The quantitative estimate of drug-likeness (QED) is 0.635. The van der Waals surface area contributed by atoms with E-state index in [1.165, 1.54) is 4.90 Å². The SMILES string of the molecule is Cc1ccc(N2C(=O)[C@@H]3[C@H]4CCCN4[C@]4(C(=O)Nc5ccc(C)cc54)[C@H]3C2=O)c(Br)c1. The Morgan fingerprint density at radius 2 is 1.77 bits per heavy atom. The second-order valence-electron chi connectivity index (χ2n) is 9.14. The molecule has 3 fully saturated rings. The molecule has 0 unspecified atom stereocenters. The second-order valence-corrected chi connectivity index (χ2v) is 10.00. The van der Waals surface area contributed by atoms with Gasteiger partial charge in [-0.2, -0.15) is 0 Å². The number of fused-ring (bicyclic) bond motifs is 7. The Morgan fingerprint density at radius 3 is 2.55 bits per heavy atom. The van der Waals surface area contributed by atoms with Crippen molar-refractivity contribution in [2.24, 2.45) is 11.8 Å². The molecule has 4 aliphatic heterocycles. The van der Waals surface area contributed by atoms with Gasteiger partial charge < -0.3 is 5.32 Å². The average molecular weight is 480 g/mol. The number of amides is 3. The summed E-state index contributed by atoms with van der Waals surface area (Å²) >= 11 is 3.53. The molecule has 4 atom stereocenters. The average Bonchev–Trinajstić information content (AvgIpc) is 3.42. The third-order valence-electron chi connectivity index (χ3n) is 7.49. The first kappa shape index (κ1) is 19.2. The topological polar surface area (TPSA) is 69.7 Å². The fourth-order valence-corrected chi connectivity index (χ4v) is 7.02. The minimum absolute atomic E-state index is 0.104. The molecule has 1 N–H and O–H groups in total. The van der Waals surface area contributed by atoms with E-state index in [4.69, 9.17) is 0 Å². The molecule has 4 aliphatic rings. The van der Waals surface area contributed by atoms with Crippen LogP contribution in [0.4, 0.5) is 11.4 Å². The molecule has 0 aliphatic carbocycles. The number of hydrogen-bond acceptors (Lipinski definition) is 4. The Hall–Kier alpha value is -2.51. The van der Waals surface area contributed by atoms with Crippen LogP contribution in [0.1, 0.15) is 29.5 Å². The van der Waals surface area contributed by atoms with Gasteiger partial charge >= 0.3 is 0 Å². The molecule has 6 nitrogen and oxygen atoms in total. The Bertz CT molecular complexity index is 1190. The van der Waals surface area contributed by atoms with Gasteiger partial charge in [-0.25, -0.2) is 4.90 Å². The molecule has 31 heavy (non-hydrogen) atoms. The van der Waals surface area contributed by atoms with Crippen molar-refractivity contribution in [3.8, 4) is 0 Å². The van der Waals surface area contributed by atoms with Crippen LogP contribution in [0.2, 0.25) is 0 Å². The number of rotatable bonds is 1. The fraction of sp³-hybridized carbons (Fsp3) is 0.375. The lowest BCUT2D eigenvalue weighted by molar-refractivity contribution is -0.135. The lowest BCUT2D eigenvalue weighted by atomic mass is 9.75. The van der Waals surface area contributed by atoms with Gasteiger partial charge in [0.1, 0.15) is 5.54 Å². The summed E-state index contributed by atoms with van der Waals surface area (Å²) in [6.07, 6.45) is 1.74. The molecule has 3 amide bonds. The van der Waals surface area contributed by atoms with Crippen molar-refractivity contribution in [2.45, 2.75) is 38.3 Å². The summed E-state index contributed by atoms with van der Waals surface area (Å²) in [7, 11) is 0. The van der Waals surface area contributed by atoms with Crippen molar-refractivity contribution >= 4 is 45.0 Å². The van der Waals surface area contributed by atoms with Gasteiger partial charge in [-0.3, -0.25) is 19.3 Å². The molecule has 2 aromatic carbocycles. The van der Waals surface area contributed by atoms with E-state index in [2.05, 4.69) is 26.1 Å². The number of carbonyl (C=O) groups is 3. The molecule has 0 radical (unpaired) electrons. The summed E-state index contributed by atoms with van der Waals surface area (Å²) in [5.41, 5.74) is 3.08. The first-order valence-corrected chi connectivity index (χ1v) is 11.5. The number of aryl methyl sites for hydroxylation is 2. The van der Waals surface area contributed by atoms with E-state index in [9.17, 15) is 14.4 Å². The van der Waals surface area contributed by atoms with E-state index in [0.29, 0.717) is 16.7 Å². The highest BCUT2D eigenvalue weighted by Crippen LogP contribution is 2.61. The third kappa shape index (κ3) is 2.23. The molecule has 6 rings (SSSR count). The van der Waals surface area contributed by atoms with E-state index >= 15 is 0 Å². The Kier molecular flexibility index (Phi) is 3.88. The highest BCUT2D eigenvalue weighted by molar-refractivity contribution is 9.10. The van der Waals surface area contributed by atoms with Gasteiger partial charge in [-0.15, -0.1) is 0 Å². The fourth-order valence-electron chi connectivity index (χ4n) is 6.35. The Morgan fingerprint density at radius 1 is 1.03 bits per heavy atom. The zero-order valence-electron chi connectivity index (χ0n) is 17.3. The van der Waals surface area contributed by atoms with Crippen LogP contribution < -0.4 is 10.2 Å². The molecule has 1 spiro atoms. The van der Waals surface area contributed by atoms with Crippen molar-refractivity contribution in [1.29, 1.82) is 0 Å². The van der Waals surface area contributed by atoms with Gasteiger partial charge in [0.15, 0.2) is 0 Å². The lowest BCUT2D eigenvalue weighted by Gasteiger charge is -2.36. The highest BCUT2D eigenvalue weighted by Gasteiger charge is 2.74. The molecule has 4 heterocycles. The molecule has 2 aromatic rings. The van der Waals surface area contributed by atoms with Gasteiger partial charge in [0.25, 0.3) is 0 Å². The highest BCUT2D eigenvalue weighted by atomic mass is 79.9. The summed E-state index contributed by atoms with van der Waals surface area (Å²) in [4.78, 5) is 44.8. The maximum atomic E-state index is 13.9. The Labute approximate surface area is 188 Å². The minimum atomic E-state index is -1.12. The molecule has 3 saturated heterocycles. The van der Waals surface area contributed by atoms with Gasteiger partial charge in [-0.05, 0) is 72.9 Å². The molecule has 0 bridgehead atoms. The number of anilines is 2.